The molecule has 1 rings (SSSR count). The fraction of sp³-hybridized carbons (Fsp3) is 0.333. The standard InChI is InChI=1S/C9H12ClFN2O2S/c1-6(12)5-13-16(14,15)9-4-7(11)2-3-8(9)10/h2-4,6,13H,5,12H2,1H3. The number of sulfonamides is 1. The number of benzene rings is 1. The molecule has 16 heavy (non-hydrogen) atoms. The second-order valence-corrected chi connectivity index (χ2v) is 5.55. The molecule has 7 heteroatoms. The lowest BCUT2D eigenvalue weighted by molar-refractivity contribution is 0.570. The van der Waals surface area contributed by atoms with Crippen LogP contribution < -0.4 is 10.5 Å². The van der Waals surface area contributed by atoms with Gasteiger partial charge in [0.25, 0.3) is 0 Å². The van der Waals surface area contributed by atoms with Gasteiger partial charge >= 0.3 is 0 Å². The predicted octanol–water partition coefficient (Wildman–Crippen LogP) is 1.10. The highest BCUT2D eigenvalue weighted by atomic mass is 35.5. The molecule has 1 atom stereocenters. The molecule has 0 aliphatic rings. The Bertz CT molecular complexity index is 476. The highest BCUT2D eigenvalue weighted by Gasteiger charge is 2.18. The van der Waals surface area contributed by atoms with Crippen molar-refractivity contribution in [3.63, 3.8) is 0 Å². The zero-order chi connectivity index (χ0) is 12.3. The lowest BCUT2D eigenvalue weighted by atomic mass is 10.3. The van der Waals surface area contributed by atoms with Crippen LogP contribution in [-0.4, -0.2) is 21.0 Å². The largest absolute Gasteiger partial charge is 0.327 e. The van der Waals surface area contributed by atoms with Gasteiger partial charge < -0.3 is 5.73 Å². The van der Waals surface area contributed by atoms with Crippen LogP contribution in [-0.2, 0) is 10.0 Å². The zero-order valence-electron chi connectivity index (χ0n) is 8.57. The molecular formula is C9H12ClFN2O2S. The number of hydrogen-bond acceptors (Lipinski definition) is 3. The molecule has 1 aromatic carbocycles. The van der Waals surface area contributed by atoms with Crippen molar-refractivity contribution in [3.05, 3.63) is 29.0 Å². The molecule has 0 saturated carbocycles. The second-order valence-electron chi connectivity index (χ2n) is 3.40. The van der Waals surface area contributed by atoms with Gasteiger partial charge in [0.1, 0.15) is 10.7 Å². The molecule has 90 valence electrons. The number of rotatable bonds is 4. The van der Waals surface area contributed by atoms with E-state index < -0.39 is 15.8 Å². The van der Waals surface area contributed by atoms with E-state index in [-0.39, 0.29) is 22.5 Å². The predicted molar refractivity (Wildman–Crippen MR) is 60.2 cm³/mol. The molecule has 0 fully saturated rings. The van der Waals surface area contributed by atoms with Gasteiger partial charge in [-0.2, -0.15) is 0 Å². The van der Waals surface area contributed by atoms with Gasteiger partial charge in [0.05, 0.1) is 5.02 Å². The van der Waals surface area contributed by atoms with Crippen molar-refractivity contribution >= 4 is 21.6 Å². The van der Waals surface area contributed by atoms with Gasteiger partial charge in [0.2, 0.25) is 10.0 Å². The zero-order valence-corrected chi connectivity index (χ0v) is 10.1. The molecule has 1 aromatic rings. The summed E-state index contributed by atoms with van der Waals surface area (Å²) in [5, 5.41) is -0.0291. The van der Waals surface area contributed by atoms with Crippen LogP contribution in [0, 0.1) is 5.82 Å². The Morgan fingerprint density at radius 3 is 2.75 bits per heavy atom. The van der Waals surface area contributed by atoms with Crippen LogP contribution in [0.2, 0.25) is 5.02 Å². The summed E-state index contributed by atoms with van der Waals surface area (Å²) in [6.45, 7) is 1.71. The topological polar surface area (TPSA) is 72.2 Å². The molecule has 0 spiro atoms. The van der Waals surface area contributed by atoms with Crippen molar-refractivity contribution < 1.29 is 12.8 Å². The molecule has 0 aliphatic carbocycles. The van der Waals surface area contributed by atoms with Gasteiger partial charge in [-0.3, -0.25) is 0 Å². The Balaban J connectivity index is 3.02. The summed E-state index contributed by atoms with van der Waals surface area (Å²) >= 11 is 5.68. The van der Waals surface area contributed by atoms with Crippen LogP contribution in [0.25, 0.3) is 0 Å². The van der Waals surface area contributed by atoms with Gasteiger partial charge in [-0.1, -0.05) is 11.6 Å². The monoisotopic (exact) mass is 266 g/mol. The Labute approximate surface area is 98.6 Å². The van der Waals surface area contributed by atoms with Crippen LogP contribution in [0.4, 0.5) is 4.39 Å². The summed E-state index contributed by atoms with van der Waals surface area (Å²) in [5.74, 6) is -0.662. The molecule has 3 N–H and O–H groups in total. The van der Waals surface area contributed by atoms with E-state index in [1.807, 2.05) is 0 Å². The van der Waals surface area contributed by atoms with Crippen molar-refractivity contribution in [1.29, 1.82) is 0 Å². The summed E-state index contributed by atoms with van der Waals surface area (Å²) in [6.07, 6.45) is 0. The SMILES string of the molecule is CC(N)CNS(=O)(=O)c1cc(F)ccc1Cl. The lowest BCUT2D eigenvalue weighted by Crippen LogP contribution is -2.35. The van der Waals surface area contributed by atoms with E-state index >= 15 is 0 Å². The van der Waals surface area contributed by atoms with Crippen molar-refractivity contribution in [3.8, 4) is 0 Å². The first-order chi connectivity index (χ1) is 7.33. The number of nitrogens with two attached hydrogens (primary N) is 1. The van der Waals surface area contributed by atoms with Gasteiger partial charge in [0, 0.05) is 12.6 Å². The number of hydrogen-bond donors (Lipinski definition) is 2. The van der Waals surface area contributed by atoms with Crippen LogP contribution in [0.3, 0.4) is 0 Å². The van der Waals surface area contributed by atoms with Gasteiger partial charge in [-0.05, 0) is 25.1 Å². The maximum Gasteiger partial charge on any atom is 0.242 e. The first-order valence-electron chi connectivity index (χ1n) is 4.53. The molecule has 0 amide bonds. The van der Waals surface area contributed by atoms with Crippen LogP contribution in [0.15, 0.2) is 23.1 Å². The molecule has 0 bridgehead atoms. The average Bonchev–Trinajstić information content (AvgIpc) is 2.19. The lowest BCUT2D eigenvalue weighted by Gasteiger charge is -2.10. The molecule has 0 heterocycles. The summed E-state index contributed by atoms with van der Waals surface area (Å²) in [6, 6.07) is 2.82. The van der Waals surface area contributed by atoms with Crippen molar-refractivity contribution in [1.82, 2.24) is 4.72 Å². The summed E-state index contributed by atoms with van der Waals surface area (Å²) in [4.78, 5) is -0.283. The van der Waals surface area contributed by atoms with Crippen molar-refractivity contribution in [2.45, 2.75) is 17.9 Å². The Morgan fingerprint density at radius 1 is 1.56 bits per heavy atom. The molecule has 0 aromatic heterocycles. The Morgan fingerprint density at radius 2 is 2.19 bits per heavy atom. The first-order valence-corrected chi connectivity index (χ1v) is 6.39. The summed E-state index contributed by atoms with van der Waals surface area (Å²) in [5.41, 5.74) is 5.41. The molecule has 0 saturated heterocycles. The maximum absolute atomic E-state index is 12.9. The smallest absolute Gasteiger partial charge is 0.242 e. The fourth-order valence-corrected chi connectivity index (χ4v) is 2.65. The van der Waals surface area contributed by atoms with E-state index in [9.17, 15) is 12.8 Å². The highest BCUT2D eigenvalue weighted by molar-refractivity contribution is 7.89. The summed E-state index contributed by atoms with van der Waals surface area (Å²) < 4.78 is 38.5. The molecular weight excluding hydrogens is 255 g/mol. The second kappa shape index (κ2) is 5.09. The first kappa shape index (κ1) is 13.4. The highest BCUT2D eigenvalue weighted by Crippen LogP contribution is 2.21. The van der Waals surface area contributed by atoms with Gasteiger partial charge in [-0.15, -0.1) is 0 Å². The van der Waals surface area contributed by atoms with E-state index in [1.54, 1.807) is 6.92 Å². The van der Waals surface area contributed by atoms with Gasteiger partial charge in [-0.25, -0.2) is 17.5 Å². The van der Waals surface area contributed by atoms with E-state index in [4.69, 9.17) is 17.3 Å². The van der Waals surface area contributed by atoms with Gasteiger partial charge in [0.15, 0.2) is 0 Å². The van der Waals surface area contributed by atoms with Crippen LogP contribution in [0.1, 0.15) is 6.92 Å². The maximum atomic E-state index is 12.9. The molecule has 0 aliphatic heterocycles. The molecule has 4 nitrogen and oxygen atoms in total. The third-order valence-corrected chi connectivity index (χ3v) is 3.68. The van der Waals surface area contributed by atoms with Crippen molar-refractivity contribution in [2.24, 2.45) is 5.73 Å². The van der Waals surface area contributed by atoms with E-state index in [0.29, 0.717) is 0 Å². The van der Waals surface area contributed by atoms with Crippen molar-refractivity contribution in [2.75, 3.05) is 6.54 Å². The Kier molecular flexibility index (Phi) is 4.26. The normalized spacial score (nSPS) is 13.8. The summed E-state index contributed by atoms with van der Waals surface area (Å²) in [7, 11) is -3.81. The minimum absolute atomic E-state index is 0.0291. The van der Waals surface area contributed by atoms with Crippen LogP contribution >= 0.6 is 11.6 Å². The third-order valence-electron chi connectivity index (χ3n) is 1.78. The van der Waals surface area contributed by atoms with E-state index in [2.05, 4.69) is 4.72 Å². The third kappa shape index (κ3) is 3.41. The quantitative estimate of drug-likeness (QED) is 0.857. The number of halogens is 2. The Hall–Kier alpha value is -0.690. The average molecular weight is 267 g/mol. The molecule has 0 radical (unpaired) electrons. The number of nitrogens with one attached hydrogen (secondary N) is 1. The minimum Gasteiger partial charge on any atom is -0.327 e. The van der Waals surface area contributed by atoms with E-state index in [0.717, 1.165) is 12.1 Å². The fourth-order valence-electron chi connectivity index (χ4n) is 1.00. The van der Waals surface area contributed by atoms with E-state index in [1.165, 1.54) is 6.07 Å². The van der Waals surface area contributed by atoms with Crippen LogP contribution in [0.5, 0.6) is 0 Å². The molecule has 1 unspecified atom stereocenters. The minimum atomic E-state index is -3.81.